The van der Waals surface area contributed by atoms with E-state index in [1.54, 1.807) is 0 Å². The minimum atomic E-state index is -0.567. The van der Waals surface area contributed by atoms with Crippen LogP contribution in [0.15, 0.2) is 18.5 Å². The first-order chi connectivity index (χ1) is 7.17. The van der Waals surface area contributed by atoms with E-state index in [9.17, 15) is 9.59 Å². The normalized spacial score (nSPS) is 9.47. The van der Waals surface area contributed by atoms with Gasteiger partial charge in [0.25, 0.3) is 0 Å². The molecule has 80 valence electrons. The molecule has 0 aliphatic heterocycles. The fraction of sp³-hybridized carbons (Fsp3) is 0.300. The molecule has 0 atom stereocenters. The van der Waals surface area contributed by atoms with Gasteiger partial charge in [-0.15, -0.1) is 0 Å². The highest BCUT2D eigenvalue weighted by Crippen LogP contribution is 2.12. The summed E-state index contributed by atoms with van der Waals surface area (Å²) in [5.41, 5.74) is 0.333. The standard InChI is InChI=1S/C10H11NO4/c1-14-8-3-7(5-11-6-8)9(12)4-10(13)15-2/h3,5-6H,4H2,1-2H3. The predicted molar refractivity (Wildman–Crippen MR) is 51.8 cm³/mol. The SMILES string of the molecule is COC(=O)CC(=O)c1cncc(OC)c1. The van der Waals surface area contributed by atoms with Gasteiger partial charge in [0.2, 0.25) is 0 Å². The number of pyridine rings is 1. The smallest absolute Gasteiger partial charge is 0.313 e. The molecule has 0 amide bonds. The molecule has 15 heavy (non-hydrogen) atoms. The Bertz CT molecular complexity index is 375. The molecule has 0 radical (unpaired) electrons. The Labute approximate surface area is 87.0 Å². The molecule has 5 heteroatoms. The molecule has 0 spiro atoms. The Hall–Kier alpha value is -1.91. The lowest BCUT2D eigenvalue weighted by Gasteiger charge is -2.02. The maximum Gasteiger partial charge on any atom is 0.313 e. The number of hydrogen-bond acceptors (Lipinski definition) is 5. The summed E-state index contributed by atoms with van der Waals surface area (Å²) in [6.07, 6.45) is 2.58. The first-order valence-electron chi connectivity index (χ1n) is 4.26. The number of ketones is 1. The van der Waals surface area contributed by atoms with Gasteiger partial charge in [0.1, 0.15) is 12.2 Å². The van der Waals surface area contributed by atoms with Crippen LogP contribution < -0.4 is 4.74 Å². The van der Waals surface area contributed by atoms with Gasteiger partial charge in [-0.2, -0.15) is 0 Å². The first-order valence-corrected chi connectivity index (χ1v) is 4.26. The largest absolute Gasteiger partial charge is 0.495 e. The van der Waals surface area contributed by atoms with Crippen LogP contribution in [0.2, 0.25) is 0 Å². The van der Waals surface area contributed by atoms with Crippen LogP contribution in [0.25, 0.3) is 0 Å². The maximum absolute atomic E-state index is 11.5. The molecule has 1 rings (SSSR count). The van der Waals surface area contributed by atoms with Crippen LogP contribution in [-0.4, -0.2) is 31.0 Å². The van der Waals surface area contributed by atoms with Crippen LogP contribution in [0.3, 0.4) is 0 Å². The summed E-state index contributed by atoms with van der Waals surface area (Å²) < 4.78 is 9.29. The maximum atomic E-state index is 11.5. The van der Waals surface area contributed by atoms with Gasteiger partial charge in [0.15, 0.2) is 5.78 Å². The van der Waals surface area contributed by atoms with Crippen molar-refractivity contribution in [3.63, 3.8) is 0 Å². The summed E-state index contributed by atoms with van der Waals surface area (Å²) in [6, 6.07) is 1.53. The van der Waals surface area contributed by atoms with Gasteiger partial charge in [-0.3, -0.25) is 14.6 Å². The molecule has 0 aliphatic carbocycles. The highest BCUT2D eigenvalue weighted by molar-refractivity contribution is 6.05. The number of rotatable bonds is 4. The molecule has 0 saturated heterocycles. The highest BCUT2D eigenvalue weighted by atomic mass is 16.5. The van der Waals surface area contributed by atoms with Crippen LogP contribution in [0.4, 0.5) is 0 Å². The number of esters is 1. The number of hydrogen-bond donors (Lipinski definition) is 0. The zero-order valence-corrected chi connectivity index (χ0v) is 8.52. The number of aromatic nitrogens is 1. The summed E-state index contributed by atoms with van der Waals surface area (Å²) in [6.45, 7) is 0. The van der Waals surface area contributed by atoms with Gasteiger partial charge in [-0.05, 0) is 6.07 Å². The molecular formula is C10H11NO4. The molecular weight excluding hydrogens is 198 g/mol. The first kappa shape index (κ1) is 11.2. The van der Waals surface area contributed by atoms with Crippen molar-refractivity contribution in [2.45, 2.75) is 6.42 Å². The van der Waals surface area contributed by atoms with E-state index in [1.165, 1.54) is 32.7 Å². The summed E-state index contributed by atoms with van der Waals surface area (Å²) in [5, 5.41) is 0. The number of ether oxygens (including phenoxy) is 2. The van der Waals surface area contributed by atoms with Crippen molar-refractivity contribution in [2.75, 3.05) is 14.2 Å². The zero-order chi connectivity index (χ0) is 11.3. The van der Waals surface area contributed by atoms with Crippen molar-refractivity contribution in [2.24, 2.45) is 0 Å². The Morgan fingerprint density at radius 2 is 2.07 bits per heavy atom. The fourth-order valence-corrected chi connectivity index (χ4v) is 0.988. The van der Waals surface area contributed by atoms with E-state index in [1.807, 2.05) is 0 Å². The summed E-state index contributed by atoms with van der Waals surface area (Å²) in [7, 11) is 2.71. The third-order valence-electron chi connectivity index (χ3n) is 1.80. The van der Waals surface area contributed by atoms with Gasteiger partial charge in [-0.1, -0.05) is 0 Å². The molecule has 5 nitrogen and oxygen atoms in total. The summed E-state index contributed by atoms with van der Waals surface area (Å²) >= 11 is 0. The summed E-state index contributed by atoms with van der Waals surface area (Å²) in [5.74, 6) is -0.429. The van der Waals surface area contributed by atoms with Crippen molar-refractivity contribution in [1.82, 2.24) is 4.98 Å². The third kappa shape index (κ3) is 3.05. The zero-order valence-electron chi connectivity index (χ0n) is 8.52. The van der Waals surface area contributed by atoms with E-state index in [2.05, 4.69) is 9.72 Å². The van der Waals surface area contributed by atoms with Crippen LogP contribution >= 0.6 is 0 Å². The molecule has 0 N–H and O–H groups in total. The van der Waals surface area contributed by atoms with Crippen LogP contribution in [-0.2, 0) is 9.53 Å². The number of nitrogens with zero attached hydrogens (tertiary/aromatic N) is 1. The Morgan fingerprint density at radius 3 is 2.67 bits per heavy atom. The molecule has 1 heterocycles. The monoisotopic (exact) mass is 209 g/mol. The van der Waals surface area contributed by atoms with Crippen LogP contribution in [0.5, 0.6) is 5.75 Å². The lowest BCUT2D eigenvalue weighted by molar-refractivity contribution is -0.139. The Kier molecular flexibility index (Phi) is 3.79. The van der Waals surface area contributed by atoms with Crippen LogP contribution in [0.1, 0.15) is 16.8 Å². The van der Waals surface area contributed by atoms with Crippen molar-refractivity contribution >= 4 is 11.8 Å². The molecule has 0 bridgehead atoms. The van der Waals surface area contributed by atoms with E-state index in [4.69, 9.17) is 4.74 Å². The van der Waals surface area contributed by atoms with Crippen molar-refractivity contribution in [3.8, 4) is 5.75 Å². The van der Waals surface area contributed by atoms with E-state index in [0.717, 1.165) is 0 Å². The quantitative estimate of drug-likeness (QED) is 0.417. The number of methoxy groups -OCH3 is 2. The predicted octanol–water partition coefficient (Wildman–Crippen LogP) is 0.836. The molecule has 0 fully saturated rings. The molecule has 0 saturated carbocycles. The molecule has 0 aliphatic rings. The Morgan fingerprint density at radius 1 is 1.33 bits per heavy atom. The third-order valence-corrected chi connectivity index (χ3v) is 1.80. The van der Waals surface area contributed by atoms with Gasteiger partial charge < -0.3 is 9.47 Å². The van der Waals surface area contributed by atoms with Gasteiger partial charge in [0.05, 0.1) is 20.4 Å². The van der Waals surface area contributed by atoms with Crippen LogP contribution in [0, 0.1) is 0 Å². The second-order valence-electron chi connectivity index (χ2n) is 2.79. The van der Waals surface area contributed by atoms with E-state index in [-0.39, 0.29) is 12.2 Å². The van der Waals surface area contributed by atoms with Gasteiger partial charge in [0, 0.05) is 11.8 Å². The minimum Gasteiger partial charge on any atom is -0.495 e. The molecule has 1 aromatic rings. The fourth-order valence-electron chi connectivity index (χ4n) is 0.988. The average molecular weight is 209 g/mol. The molecule has 0 aromatic carbocycles. The minimum absolute atomic E-state index is 0.286. The average Bonchev–Trinajstić information content (AvgIpc) is 2.28. The van der Waals surface area contributed by atoms with E-state index < -0.39 is 5.97 Å². The molecule has 0 unspecified atom stereocenters. The number of carbonyl (C=O) groups is 2. The van der Waals surface area contributed by atoms with E-state index >= 15 is 0 Å². The van der Waals surface area contributed by atoms with Crippen molar-refractivity contribution in [3.05, 3.63) is 24.0 Å². The summed E-state index contributed by atoms with van der Waals surface area (Å²) in [4.78, 5) is 26.2. The second kappa shape index (κ2) is 5.09. The van der Waals surface area contributed by atoms with Gasteiger partial charge >= 0.3 is 5.97 Å². The van der Waals surface area contributed by atoms with Gasteiger partial charge in [-0.25, -0.2) is 0 Å². The second-order valence-corrected chi connectivity index (χ2v) is 2.79. The molecule has 1 aromatic heterocycles. The van der Waals surface area contributed by atoms with Crippen molar-refractivity contribution < 1.29 is 19.1 Å². The number of Topliss-reactive ketones (excluding diaryl/α,β-unsaturated/α-hetero) is 1. The Balaban J connectivity index is 2.77. The topological polar surface area (TPSA) is 65.5 Å². The van der Waals surface area contributed by atoms with Crippen molar-refractivity contribution in [1.29, 1.82) is 0 Å². The lowest BCUT2D eigenvalue weighted by atomic mass is 10.1. The number of carbonyl (C=O) groups excluding carboxylic acids is 2. The lowest BCUT2D eigenvalue weighted by Crippen LogP contribution is -2.09. The highest BCUT2D eigenvalue weighted by Gasteiger charge is 2.12. The van der Waals surface area contributed by atoms with E-state index in [0.29, 0.717) is 11.3 Å².